The van der Waals surface area contributed by atoms with Crippen LogP contribution < -0.4 is 0 Å². The van der Waals surface area contributed by atoms with Gasteiger partial charge in [-0.1, -0.05) is 67.4 Å². The van der Waals surface area contributed by atoms with Crippen LogP contribution in [-0.2, 0) is 19.6 Å². The van der Waals surface area contributed by atoms with Crippen molar-refractivity contribution in [3.8, 4) is 22.5 Å². The summed E-state index contributed by atoms with van der Waals surface area (Å²) < 4.78 is 2.01. The zero-order chi connectivity index (χ0) is 20.9. The molecule has 9 heteroatoms. The number of unbranched alkanes of at least 4 members (excludes halogenated alkanes) is 1. The van der Waals surface area contributed by atoms with Crippen molar-refractivity contribution in [2.45, 2.75) is 39.3 Å². The van der Waals surface area contributed by atoms with Crippen LogP contribution in [0.3, 0.4) is 0 Å². The molecule has 2 aromatic carbocycles. The van der Waals surface area contributed by atoms with Crippen LogP contribution in [0, 0.1) is 0 Å². The molecule has 0 fully saturated rings. The number of aliphatic hydroxyl groups excluding tert-OH is 1. The van der Waals surface area contributed by atoms with Gasteiger partial charge in [-0.2, -0.15) is 5.21 Å². The first kappa shape index (κ1) is 24.3. The molecule has 4 rings (SSSR count). The van der Waals surface area contributed by atoms with E-state index in [0.717, 1.165) is 47.3 Å². The van der Waals surface area contributed by atoms with Gasteiger partial charge in [0.25, 0.3) is 0 Å². The van der Waals surface area contributed by atoms with Gasteiger partial charge in [-0.05, 0) is 34.4 Å². The van der Waals surface area contributed by atoms with E-state index in [0.29, 0.717) is 23.2 Å². The largest absolute Gasteiger partial charge is 0.390 e. The van der Waals surface area contributed by atoms with Gasteiger partial charge in [0.15, 0.2) is 5.15 Å². The van der Waals surface area contributed by atoms with Crippen LogP contribution in [0.1, 0.15) is 36.8 Å². The van der Waals surface area contributed by atoms with E-state index in [1.165, 1.54) is 0 Å². The Kier molecular flexibility index (Phi) is 8.97. The molecule has 0 aliphatic heterocycles. The average Bonchev–Trinajstić information content (AvgIpc) is 3.41. The molecule has 2 N–H and O–H groups in total. The molecule has 0 unspecified atom stereocenters. The fourth-order valence-electron chi connectivity index (χ4n) is 3.57. The summed E-state index contributed by atoms with van der Waals surface area (Å²) in [6, 6.07) is 16.3. The SMILES string of the molecule is CCCCc1nc(Cl)c(CO)n1Cc1ccc(-c2ccccc2)c(-c2nn[nH]n2)c1.[K]. The van der Waals surface area contributed by atoms with Crippen LogP contribution in [0.2, 0.25) is 5.15 Å². The summed E-state index contributed by atoms with van der Waals surface area (Å²) in [5.41, 5.74) is 4.67. The van der Waals surface area contributed by atoms with Gasteiger partial charge in [0.05, 0.1) is 12.3 Å². The van der Waals surface area contributed by atoms with Crippen LogP contribution in [0.5, 0.6) is 0 Å². The molecule has 0 saturated carbocycles. The number of nitrogens with one attached hydrogen (secondary N) is 1. The average molecular weight is 462 g/mol. The fraction of sp³-hybridized carbons (Fsp3) is 0.273. The quantitative estimate of drug-likeness (QED) is 0.388. The van der Waals surface area contributed by atoms with Gasteiger partial charge in [0, 0.05) is 69.9 Å². The Labute approximate surface area is 228 Å². The van der Waals surface area contributed by atoms with Crippen molar-refractivity contribution in [1.82, 2.24) is 30.2 Å². The minimum absolute atomic E-state index is 0. The molecule has 7 nitrogen and oxygen atoms in total. The zero-order valence-corrected chi connectivity index (χ0v) is 21.6. The van der Waals surface area contributed by atoms with Gasteiger partial charge in [-0.3, -0.25) is 0 Å². The normalized spacial score (nSPS) is 10.8. The van der Waals surface area contributed by atoms with Crippen LogP contribution in [0.4, 0.5) is 0 Å². The number of halogens is 1. The monoisotopic (exact) mass is 461 g/mol. The van der Waals surface area contributed by atoms with Gasteiger partial charge in [0.1, 0.15) is 5.82 Å². The van der Waals surface area contributed by atoms with Gasteiger partial charge < -0.3 is 9.67 Å². The molecular formula is C22H23ClKN6O. The van der Waals surface area contributed by atoms with Crippen LogP contribution in [0.25, 0.3) is 22.5 Å². The maximum atomic E-state index is 9.84. The molecule has 1 radical (unpaired) electrons. The second-order valence-corrected chi connectivity index (χ2v) is 7.45. The van der Waals surface area contributed by atoms with E-state index in [-0.39, 0.29) is 58.0 Å². The Morgan fingerprint density at radius 3 is 2.58 bits per heavy atom. The van der Waals surface area contributed by atoms with E-state index in [9.17, 15) is 5.11 Å². The first-order chi connectivity index (χ1) is 14.7. The van der Waals surface area contributed by atoms with Crippen molar-refractivity contribution < 1.29 is 5.11 Å². The predicted molar refractivity (Wildman–Crippen MR) is 122 cm³/mol. The minimum atomic E-state index is -0.155. The fourth-order valence-corrected chi connectivity index (χ4v) is 3.83. The van der Waals surface area contributed by atoms with Crippen LogP contribution in [0.15, 0.2) is 48.5 Å². The molecule has 4 aromatic rings. The summed E-state index contributed by atoms with van der Waals surface area (Å²) in [4.78, 5) is 4.48. The minimum Gasteiger partial charge on any atom is -0.390 e. The number of aliphatic hydroxyl groups is 1. The Balaban J connectivity index is 0.00000272. The first-order valence-corrected chi connectivity index (χ1v) is 10.4. The molecule has 2 aromatic heterocycles. The summed E-state index contributed by atoms with van der Waals surface area (Å²) >= 11 is 6.29. The van der Waals surface area contributed by atoms with Crippen LogP contribution in [-0.4, -0.2) is 86.7 Å². The molecule has 0 bridgehead atoms. The second kappa shape index (κ2) is 11.5. The van der Waals surface area contributed by atoms with E-state index in [1.807, 2.05) is 22.8 Å². The zero-order valence-electron chi connectivity index (χ0n) is 17.7. The van der Waals surface area contributed by atoms with E-state index in [2.05, 4.69) is 62.9 Å². The standard InChI is InChI=1S/C22H23ClN6O.K/c1-2-3-9-20-24-21(23)19(14-30)29(20)13-15-10-11-17(16-7-5-4-6-8-16)18(12-15)22-25-27-28-26-22;/h4-8,10-12,30H,2-3,9,13-14H2,1H3,(H,25,26,27,28);. The molecule has 155 valence electrons. The number of benzene rings is 2. The number of imidazole rings is 1. The molecular weight excluding hydrogens is 439 g/mol. The van der Waals surface area contributed by atoms with Crippen molar-refractivity contribution in [3.05, 3.63) is 70.8 Å². The van der Waals surface area contributed by atoms with E-state index in [4.69, 9.17) is 11.6 Å². The van der Waals surface area contributed by atoms with Crippen molar-refractivity contribution in [2.75, 3.05) is 0 Å². The number of nitrogens with zero attached hydrogens (tertiary/aromatic N) is 5. The molecule has 0 atom stereocenters. The summed E-state index contributed by atoms with van der Waals surface area (Å²) in [6.45, 7) is 2.54. The van der Waals surface area contributed by atoms with Crippen molar-refractivity contribution in [2.24, 2.45) is 0 Å². The summed E-state index contributed by atoms with van der Waals surface area (Å²) in [5.74, 6) is 1.42. The topological polar surface area (TPSA) is 92.5 Å². The van der Waals surface area contributed by atoms with Gasteiger partial charge >= 0.3 is 0 Å². The van der Waals surface area contributed by atoms with E-state index in [1.54, 1.807) is 0 Å². The maximum Gasteiger partial charge on any atom is 0.205 e. The number of hydrogen-bond acceptors (Lipinski definition) is 5. The van der Waals surface area contributed by atoms with Crippen molar-refractivity contribution in [1.29, 1.82) is 0 Å². The summed E-state index contributed by atoms with van der Waals surface area (Å²) in [7, 11) is 0. The Morgan fingerprint density at radius 1 is 1.10 bits per heavy atom. The second-order valence-electron chi connectivity index (χ2n) is 7.09. The molecule has 0 amide bonds. The third-order valence-electron chi connectivity index (χ3n) is 5.10. The maximum absolute atomic E-state index is 9.84. The van der Waals surface area contributed by atoms with E-state index >= 15 is 0 Å². The molecule has 0 spiro atoms. The van der Waals surface area contributed by atoms with Crippen molar-refractivity contribution >= 4 is 63.0 Å². The molecule has 0 aliphatic carbocycles. The Hall–Kier alpha value is -1.39. The van der Waals surface area contributed by atoms with Crippen molar-refractivity contribution in [3.63, 3.8) is 0 Å². The third kappa shape index (κ3) is 5.51. The summed E-state index contributed by atoms with van der Waals surface area (Å²) in [5, 5.41) is 24.8. The number of aryl methyl sites for hydroxylation is 1. The van der Waals surface area contributed by atoms with Gasteiger partial charge in [0.2, 0.25) is 5.82 Å². The first-order valence-electron chi connectivity index (χ1n) is 9.98. The Bertz CT molecular complexity index is 1110. The predicted octanol–water partition coefficient (Wildman–Crippen LogP) is 3.89. The molecule has 0 saturated heterocycles. The number of aromatic amines is 1. The number of hydrogen-bond donors (Lipinski definition) is 2. The molecule has 31 heavy (non-hydrogen) atoms. The molecule has 2 heterocycles. The summed E-state index contributed by atoms with van der Waals surface area (Å²) in [6.07, 6.45) is 2.89. The third-order valence-corrected chi connectivity index (χ3v) is 5.40. The van der Waals surface area contributed by atoms with Gasteiger partial charge in [-0.25, -0.2) is 4.98 Å². The van der Waals surface area contributed by atoms with Gasteiger partial charge in [-0.15, -0.1) is 10.2 Å². The smallest absolute Gasteiger partial charge is 0.205 e. The number of rotatable bonds is 8. The Morgan fingerprint density at radius 2 is 1.90 bits per heavy atom. The number of tetrazole rings is 1. The van der Waals surface area contributed by atoms with Crippen LogP contribution >= 0.6 is 11.6 Å². The number of H-pyrrole nitrogens is 1. The van der Waals surface area contributed by atoms with E-state index < -0.39 is 0 Å². The molecule has 0 aliphatic rings. The number of aromatic nitrogens is 6.